The molecule has 0 spiro atoms. The van der Waals surface area contributed by atoms with Crippen molar-refractivity contribution in [3.8, 4) is 5.75 Å². The minimum Gasteiger partial charge on any atom is -0.465 e. The van der Waals surface area contributed by atoms with Gasteiger partial charge in [-0.25, -0.2) is 0 Å². The van der Waals surface area contributed by atoms with Crippen molar-refractivity contribution in [2.75, 3.05) is 13.7 Å². The quantitative estimate of drug-likeness (QED) is 0.836. The highest BCUT2D eigenvalue weighted by molar-refractivity contribution is 5.27. The van der Waals surface area contributed by atoms with E-state index in [1.54, 1.807) is 7.11 Å². The molecule has 0 aliphatic carbocycles. The fourth-order valence-corrected chi connectivity index (χ4v) is 2.12. The van der Waals surface area contributed by atoms with Crippen molar-refractivity contribution in [1.29, 1.82) is 0 Å². The maximum absolute atomic E-state index is 9.69. The van der Waals surface area contributed by atoms with Gasteiger partial charge in [-0.1, -0.05) is 12.1 Å². The molecule has 0 radical (unpaired) electrons. The molecule has 19 heavy (non-hydrogen) atoms. The SMILES string of the molecule is COCc1ccc(OC2C[C@@H](O)CC(CO)O2)cc1. The van der Waals surface area contributed by atoms with E-state index < -0.39 is 12.4 Å². The Hall–Kier alpha value is -1.14. The minimum absolute atomic E-state index is 0.107. The first-order chi connectivity index (χ1) is 9.21. The summed E-state index contributed by atoms with van der Waals surface area (Å²) in [7, 11) is 1.65. The van der Waals surface area contributed by atoms with Crippen LogP contribution < -0.4 is 4.74 Å². The summed E-state index contributed by atoms with van der Waals surface area (Å²) < 4.78 is 16.2. The van der Waals surface area contributed by atoms with Crippen molar-refractivity contribution in [3.05, 3.63) is 29.8 Å². The first-order valence-corrected chi connectivity index (χ1v) is 6.40. The lowest BCUT2D eigenvalue weighted by Crippen LogP contribution is -2.40. The van der Waals surface area contributed by atoms with Crippen molar-refractivity contribution in [2.45, 2.75) is 37.9 Å². The molecule has 1 aromatic rings. The molecule has 2 rings (SSSR count). The zero-order valence-electron chi connectivity index (χ0n) is 11.0. The molecule has 1 aliphatic heterocycles. The predicted octanol–water partition coefficient (Wildman–Crippen LogP) is 1.07. The van der Waals surface area contributed by atoms with E-state index in [0.29, 0.717) is 25.2 Å². The summed E-state index contributed by atoms with van der Waals surface area (Å²) in [5.41, 5.74) is 1.06. The molecule has 1 aliphatic rings. The standard InChI is InChI=1S/C14H20O5/c1-17-9-10-2-4-12(5-3-10)18-14-7-11(16)6-13(8-15)19-14/h2-5,11,13-16H,6-9H2,1H3/t11-,13?,14?/m0/s1. The Bertz CT molecular complexity index is 378. The molecule has 5 nitrogen and oxygen atoms in total. The Morgan fingerprint density at radius 3 is 2.63 bits per heavy atom. The number of rotatable bonds is 5. The molecule has 1 saturated heterocycles. The Kier molecular flexibility index (Phi) is 5.15. The molecule has 1 heterocycles. The lowest BCUT2D eigenvalue weighted by Gasteiger charge is -2.32. The predicted molar refractivity (Wildman–Crippen MR) is 68.8 cm³/mol. The van der Waals surface area contributed by atoms with Crippen LogP contribution in [0.15, 0.2) is 24.3 Å². The highest BCUT2D eigenvalue weighted by atomic mass is 16.7. The highest BCUT2D eigenvalue weighted by Gasteiger charge is 2.29. The second kappa shape index (κ2) is 6.86. The van der Waals surface area contributed by atoms with Crippen molar-refractivity contribution in [3.63, 3.8) is 0 Å². The summed E-state index contributed by atoms with van der Waals surface area (Å²) in [6, 6.07) is 7.52. The monoisotopic (exact) mass is 268 g/mol. The molecule has 0 bridgehead atoms. The zero-order valence-corrected chi connectivity index (χ0v) is 11.0. The Morgan fingerprint density at radius 2 is 2.00 bits per heavy atom. The summed E-state index contributed by atoms with van der Waals surface area (Å²) in [6.45, 7) is 0.454. The lowest BCUT2D eigenvalue weighted by atomic mass is 10.1. The van der Waals surface area contributed by atoms with E-state index in [1.807, 2.05) is 24.3 Å². The molecule has 0 saturated carbocycles. The van der Waals surface area contributed by atoms with E-state index in [1.165, 1.54) is 0 Å². The van der Waals surface area contributed by atoms with Crippen LogP contribution in [0, 0.1) is 0 Å². The minimum atomic E-state index is -0.519. The van der Waals surface area contributed by atoms with Crippen LogP contribution in [-0.4, -0.2) is 42.4 Å². The average Bonchev–Trinajstić information content (AvgIpc) is 2.40. The molecular formula is C14H20O5. The first-order valence-electron chi connectivity index (χ1n) is 6.40. The molecule has 5 heteroatoms. The Balaban J connectivity index is 1.92. The van der Waals surface area contributed by atoms with Crippen molar-refractivity contribution in [1.82, 2.24) is 0 Å². The summed E-state index contributed by atoms with van der Waals surface area (Å²) in [4.78, 5) is 0. The fraction of sp³-hybridized carbons (Fsp3) is 0.571. The molecular weight excluding hydrogens is 248 g/mol. The second-order valence-electron chi connectivity index (χ2n) is 4.69. The molecule has 1 aromatic carbocycles. The maximum atomic E-state index is 9.69. The zero-order chi connectivity index (χ0) is 13.7. The largest absolute Gasteiger partial charge is 0.465 e. The third kappa shape index (κ3) is 4.18. The van der Waals surface area contributed by atoms with Crippen LogP contribution in [0.5, 0.6) is 5.75 Å². The topological polar surface area (TPSA) is 68.2 Å². The third-order valence-electron chi connectivity index (χ3n) is 3.05. The number of hydrogen-bond donors (Lipinski definition) is 2. The van der Waals surface area contributed by atoms with Gasteiger partial charge in [0, 0.05) is 20.0 Å². The molecule has 2 N–H and O–H groups in total. The third-order valence-corrected chi connectivity index (χ3v) is 3.05. The van der Waals surface area contributed by atoms with E-state index in [0.717, 1.165) is 5.56 Å². The smallest absolute Gasteiger partial charge is 0.202 e. The summed E-state index contributed by atoms with van der Waals surface area (Å²) >= 11 is 0. The van der Waals surface area contributed by atoms with Gasteiger partial charge >= 0.3 is 0 Å². The highest BCUT2D eigenvalue weighted by Crippen LogP contribution is 2.23. The van der Waals surface area contributed by atoms with Gasteiger partial charge in [-0.3, -0.25) is 0 Å². The van der Waals surface area contributed by atoms with Crippen LogP contribution in [0.2, 0.25) is 0 Å². The van der Waals surface area contributed by atoms with Crippen molar-refractivity contribution >= 4 is 0 Å². The summed E-state index contributed by atoms with van der Waals surface area (Å²) in [6.07, 6.45) is -0.515. The van der Waals surface area contributed by atoms with Gasteiger partial charge in [0.15, 0.2) is 0 Å². The van der Waals surface area contributed by atoms with Crippen LogP contribution in [0.25, 0.3) is 0 Å². The molecule has 1 fully saturated rings. The normalized spacial score (nSPS) is 27.2. The van der Waals surface area contributed by atoms with Crippen LogP contribution in [0.1, 0.15) is 18.4 Å². The summed E-state index contributed by atoms with van der Waals surface area (Å²) in [5, 5.41) is 18.8. The van der Waals surface area contributed by atoms with Crippen LogP contribution in [-0.2, 0) is 16.1 Å². The van der Waals surface area contributed by atoms with E-state index in [4.69, 9.17) is 19.3 Å². The molecule has 0 amide bonds. The van der Waals surface area contributed by atoms with E-state index in [9.17, 15) is 5.11 Å². The van der Waals surface area contributed by atoms with Gasteiger partial charge in [-0.15, -0.1) is 0 Å². The fourth-order valence-electron chi connectivity index (χ4n) is 2.12. The van der Waals surface area contributed by atoms with Gasteiger partial charge in [0.2, 0.25) is 6.29 Å². The van der Waals surface area contributed by atoms with E-state index in [-0.39, 0.29) is 12.7 Å². The van der Waals surface area contributed by atoms with Crippen LogP contribution in [0.4, 0.5) is 0 Å². The van der Waals surface area contributed by atoms with E-state index in [2.05, 4.69) is 0 Å². The van der Waals surface area contributed by atoms with Gasteiger partial charge in [-0.05, 0) is 17.7 Å². The van der Waals surface area contributed by atoms with Crippen LogP contribution >= 0.6 is 0 Å². The first kappa shape index (κ1) is 14.3. The molecule has 3 atom stereocenters. The van der Waals surface area contributed by atoms with Gasteiger partial charge in [0.1, 0.15) is 5.75 Å². The molecule has 2 unspecified atom stereocenters. The van der Waals surface area contributed by atoms with Gasteiger partial charge in [0.25, 0.3) is 0 Å². The van der Waals surface area contributed by atoms with Crippen molar-refractivity contribution in [2.24, 2.45) is 0 Å². The van der Waals surface area contributed by atoms with Gasteiger partial charge in [-0.2, -0.15) is 0 Å². The molecule has 106 valence electrons. The van der Waals surface area contributed by atoms with E-state index >= 15 is 0 Å². The lowest BCUT2D eigenvalue weighted by molar-refractivity contribution is -0.184. The Morgan fingerprint density at radius 1 is 1.26 bits per heavy atom. The number of ether oxygens (including phenoxy) is 3. The Labute approximate surface area is 112 Å². The number of methoxy groups -OCH3 is 1. The van der Waals surface area contributed by atoms with Gasteiger partial charge in [0.05, 0.1) is 25.4 Å². The number of aliphatic hydroxyl groups is 2. The second-order valence-corrected chi connectivity index (χ2v) is 4.69. The number of aliphatic hydroxyl groups excluding tert-OH is 2. The number of hydrogen-bond acceptors (Lipinski definition) is 5. The average molecular weight is 268 g/mol. The van der Waals surface area contributed by atoms with Gasteiger partial charge < -0.3 is 24.4 Å². The molecule has 0 aromatic heterocycles. The summed E-state index contributed by atoms with van der Waals surface area (Å²) in [5.74, 6) is 0.677. The van der Waals surface area contributed by atoms with Crippen molar-refractivity contribution < 1.29 is 24.4 Å². The van der Waals surface area contributed by atoms with Crippen LogP contribution in [0.3, 0.4) is 0 Å². The number of benzene rings is 1. The maximum Gasteiger partial charge on any atom is 0.202 e.